The number of esters is 1. The highest BCUT2D eigenvalue weighted by molar-refractivity contribution is 6.69. The molecule has 0 N–H and O–H groups in total. The van der Waals surface area contributed by atoms with Crippen molar-refractivity contribution in [1.82, 2.24) is 0 Å². The van der Waals surface area contributed by atoms with Gasteiger partial charge in [-0.2, -0.15) is 0 Å². The smallest absolute Gasteiger partial charge is 0.302 e. The molecular formula is C25H48O3Si. The fraction of sp³-hybridized carbons (Fsp3) is 0.960. The van der Waals surface area contributed by atoms with Gasteiger partial charge in [-0.25, -0.2) is 0 Å². The van der Waals surface area contributed by atoms with Crippen LogP contribution in [0.1, 0.15) is 86.5 Å². The molecule has 0 aliphatic heterocycles. The lowest BCUT2D eigenvalue weighted by Crippen LogP contribution is -2.46. The summed E-state index contributed by atoms with van der Waals surface area (Å²) in [6.45, 7) is 20.3. The van der Waals surface area contributed by atoms with E-state index in [-0.39, 0.29) is 12.1 Å². The van der Waals surface area contributed by atoms with Crippen molar-refractivity contribution in [3.63, 3.8) is 0 Å². The SMILES string of the molecule is CC[C@@H](C(C)C)C(C[C@@H](C)[C@H]1CC[C@H]2[C@@H](O[Si](C)(C)C)CCC[C@]12C)OC(C)=O. The molecule has 2 rings (SSSR count). The molecule has 0 aromatic heterocycles. The zero-order valence-corrected chi connectivity index (χ0v) is 21.7. The average molecular weight is 425 g/mol. The zero-order chi connectivity index (χ0) is 22.0. The van der Waals surface area contributed by atoms with Crippen molar-refractivity contribution < 1.29 is 14.0 Å². The number of carbonyl (C=O) groups is 1. The van der Waals surface area contributed by atoms with Gasteiger partial charge >= 0.3 is 5.97 Å². The Morgan fingerprint density at radius 3 is 2.31 bits per heavy atom. The lowest BCUT2D eigenvalue weighted by molar-refractivity contribution is -0.152. The first-order valence-corrected chi connectivity index (χ1v) is 15.6. The number of rotatable bonds is 9. The fourth-order valence-electron chi connectivity index (χ4n) is 6.91. The molecule has 0 aromatic carbocycles. The van der Waals surface area contributed by atoms with Crippen LogP contribution in [0.4, 0.5) is 0 Å². The minimum atomic E-state index is -1.52. The van der Waals surface area contributed by atoms with Gasteiger partial charge in [-0.05, 0) is 93.2 Å². The van der Waals surface area contributed by atoms with E-state index in [1.54, 1.807) is 6.92 Å². The van der Waals surface area contributed by atoms with Gasteiger partial charge in [-0.1, -0.05) is 41.0 Å². The second-order valence-electron chi connectivity index (χ2n) is 11.6. The zero-order valence-electron chi connectivity index (χ0n) is 20.7. The third-order valence-electron chi connectivity index (χ3n) is 8.05. The summed E-state index contributed by atoms with van der Waals surface area (Å²) in [4.78, 5) is 11.8. The molecule has 0 amide bonds. The second kappa shape index (κ2) is 9.85. The summed E-state index contributed by atoms with van der Waals surface area (Å²) in [6, 6.07) is 0. The van der Waals surface area contributed by atoms with Crippen molar-refractivity contribution in [3.8, 4) is 0 Å². The monoisotopic (exact) mass is 424 g/mol. The Hall–Kier alpha value is -0.353. The second-order valence-corrected chi connectivity index (χ2v) is 16.1. The molecule has 0 aromatic rings. The standard InChI is InChI=1S/C25H48O3Si/c1-10-20(17(2)3)24(27-19(5)26)16-18(4)21-13-14-22-23(28-29(7,8)9)12-11-15-25(21,22)6/h17-18,20-24H,10-16H2,1-9H3/t18-,20+,21-,22+,23+,24?,25-/m1/s1. The Morgan fingerprint density at radius 2 is 1.79 bits per heavy atom. The van der Waals surface area contributed by atoms with E-state index in [2.05, 4.69) is 54.3 Å². The van der Waals surface area contributed by atoms with Crippen LogP contribution in [-0.2, 0) is 14.0 Å². The van der Waals surface area contributed by atoms with Gasteiger partial charge in [0.2, 0.25) is 0 Å². The van der Waals surface area contributed by atoms with Crippen LogP contribution < -0.4 is 0 Å². The molecule has 0 spiro atoms. The van der Waals surface area contributed by atoms with E-state index in [9.17, 15) is 4.79 Å². The molecule has 1 unspecified atom stereocenters. The molecule has 7 atom stereocenters. The molecular weight excluding hydrogens is 376 g/mol. The van der Waals surface area contributed by atoms with Gasteiger partial charge in [0, 0.05) is 13.0 Å². The van der Waals surface area contributed by atoms with Crippen LogP contribution in [0.3, 0.4) is 0 Å². The number of fused-ring (bicyclic) bond motifs is 1. The Balaban J connectivity index is 2.15. The van der Waals surface area contributed by atoms with Crippen LogP contribution in [-0.4, -0.2) is 26.5 Å². The number of hydrogen-bond acceptors (Lipinski definition) is 3. The summed E-state index contributed by atoms with van der Waals surface area (Å²) in [7, 11) is -1.52. The summed E-state index contributed by atoms with van der Waals surface area (Å²) in [5, 5.41) is 0. The Kier molecular flexibility index (Phi) is 8.46. The highest BCUT2D eigenvalue weighted by Gasteiger charge is 2.53. The van der Waals surface area contributed by atoms with Gasteiger partial charge in [0.1, 0.15) is 6.10 Å². The minimum Gasteiger partial charge on any atom is -0.462 e. The van der Waals surface area contributed by atoms with Crippen LogP contribution in [0.15, 0.2) is 0 Å². The third kappa shape index (κ3) is 6.09. The molecule has 2 aliphatic carbocycles. The summed E-state index contributed by atoms with van der Waals surface area (Å²) in [5.41, 5.74) is 0.377. The van der Waals surface area contributed by atoms with Gasteiger partial charge < -0.3 is 9.16 Å². The van der Waals surface area contributed by atoms with Crippen LogP contribution in [0.25, 0.3) is 0 Å². The average Bonchev–Trinajstić information content (AvgIpc) is 2.91. The Bertz CT molecular complexity index is 541. The first-order chi connectivity index (χ1) is 13.4. The normalized spacial score (nSPS) is 33.2. The van der Waals surface area contributed by atoms with Crippen molar-refractivity contribution in [2.24, 2.45) is 35.0 Å². The topological polar surface area (TPSA) is 35.5 Å². The van der Waals surface area contributed by atoms with E-state index in [4.69, 9.17) is 9.16 Å². The quantitative estimate of drug-likeness (QED) is 0.293. The van der Waals surface area contributed by atoms with E-state index in [1.807, 2.05) is 0 Å². The first-order valence-electron chi connectivity index (χ1n) is 12.2. The number of hydrogen-bond donors (Lipinski definition) is 0. The number of carbonyl (C=O) groups excluding carboxylic acids is 1. The third-order valence-corrected chi connectivity index (χ3v) is 9.06. The summed E-state index contributed by atoms with van der Waals surface area (Å²) < 4.78 is 12.6. The lowest BCUT2D eigenvalue weighted by Gasteiger charge is -2.48. The van der Waals surface area contributed by atoms with E-state index in [0.29, 0.717) is 41.1 Å². The molecule has 3 nitrogen and oxygen atoms in total. The van der Waals surface area contributed by atoms with E-state index in [0.717, 1.165) is 12.8 Å². The van der Waals surface area contributed by atoms with Crippen LogP contribution >= 0.6 is 0 Å². The van der Waals surface area contributed by atoms with E-state index in [1.165, 1.54) is 32.1 Å². The van der Waals surface area contributed by atoms with E-state index >= 15 is 0 Å². The highest BCUT2D eigenvalue weighted by atomic mass is 28.4. The number of ether oxygens (including phenoxy) is 1. The summed E-state index contributed by atoms with van der Waals surface area (Å²) in [6.07, 6.45) is 9.06. The molecule has 2 fully saturated rings. The maximum atomic E-state index is 11.8. The Labute approximate surface area is 181 Å². The minimum absolute atomic E-state index is 0.0489. The van der Waals surface area contributed by atoms with E-state index < -0.39 is 8.32 Å². The molecule has 0 heterocycles. The molecule has 2 aliphatic rings. The predicted octanol–water partition coefficient (Wildman–Crippen LogP) is 7.06. The maximum Gasteiger partial charge on any atom is 0.302 e. The van der Waals surface area contributed by atoms with Crippen molar-refractivity contribution in [1.29, 1.82) is 0 Å². The van der Waals surface area contributed by atoms with Gasteiger partial charge in [0.15, 0.2) is 8.32 Å². The molecule has 29 heavy (non-hydrogen) atoms. The summed E-state index contributed by atoms with van der Waals surface area (Å²) >= 11 is 0. The molecule has 4 heteroatoms. The largest absolute Gasteiger partial charge is 0.462 e. The van der Waals surface area contributed by atoms with Crippen molar-refractivity contribution in [2.45, 2.75) is 118 Å². The van der Waals surface area contributed by atoms with Gasteiger partial charge in [0.25, 0.3) is 0 Å². The fourth-order valence-corrected chi connectivity index (χ4v) is 8.10. The van der Waals surface area contributed by atoms with Gasteiger partial charge in [-0.3, -0.25) is 4.79 Å². The van der Waals surface area contributed by atoms with Crippen molar-refractivity contribution >= 4 is 14.3 Å². The first kappa shape index (κ1) is 24.9. The molecule has 0 saturated heterocycles. The molecule has 0 radical (unpaired) electrons. The van der Waals surface area contributed by atoms with Gasteiger partial charge in [0.05, 0.1) is 0 Å². The lowest BCUT2D eigenvalue weighted by atomic mass is 9.61. The molecule has 0 bridgehead atoms. The van der Waals surface area contributed by atoms with Crippen LogP contribution in [0, 0.1) is 35.0 Å². The van der Waals surface area contributed by atoms with Gasteiger partial charge in [-0.15, -0.1) is 0 Å². The molecule has 170 valence electrons. The van der Waals surface area contributed by atoms with Crippen molar-refractivity contribution in [3.05, 3.63) is 0 Å². The molecule has 2 saturated carbocycles. The predicted molar refractivity (Wildman–Crippen MR) is 124 cm³/mol. The highest BCUT2D eigenvalue weighted by Crippen LogP contribution is 2.59. The van der Waals surface area contributed by atoms with Crippen LogP contribution in [0.5, 0.6) is 0 Å². The summed E-state index contributed by atoms with van der Waals surface area (Å²) in [5.74, 6) is 2.84. The maximum absolute atomic E-state index is 11.8. The Morgan fingerprint density at radius 1 is 1.14 bits per heavy atom. The van der Waals surface area contributed by atoms with Crippen molar-refractivity contribution in [2.75, 3.05) is 0 Å². The van der Waals surface area contributed by atoms with Crippen LogP contribution in [0.2, 0.25) is 19.6 Å².